The second kappa shape index (κ2) is 5.51. The highest BCUT2D eigenvalue weighted by molar-refractivity contribution is 7.80. The van der Waals surface area contributed by atoms with Crippen molar-refractivity contribution in [3.05, 3.63) is 90.0 Å². The maximum Gasteiger partial charge on any atom is 0.00754 e. The Morgan fingerprint density at radius 3 is 1.82 bits per heavy atom. The molecule has 0 fully saturated rings. The minimum Gasteiger partial charge on any atom is -0.143 e. The molecule has 1 heteroatoms. The molecule has 4 aromatic carbocycles. The highest BCUT2D eigenvalue weighted by Gasteiger charge is 2.09. The molecule has 0 N–H and O–H groups in total. The lowest BCUT2D eigenvalue weighted by atomic mass is 9.92. The van der Waals surface area contributed by atoms with Crippen LogP contribution < -0.4 is 0 Å². The van der Waals surface area contributed by atoms with E-state index in [0.29, 0.717) is 0 Å². The molecule has 0 heterocycles. The van der Waals surface area contributed by atoms with Crippen molar-refractivity contribution >= 4 is 34.2 Å². The topological polar surface area (TPSA) is 0 Å². The van der Waals surface area contributed by atoms with Gasteiger partial charge in [0.2, 0.25) is 0 Å². The van der Waals surface area contributed by atoms with Crippen LogP contribution in [-0.2, 0) is 6.42 Å². The first kappa shape index (κ1) is 13.4. The van der Waals surface area contributed by atoms with Crippen molar-refractivity contribution in [2.24, 2.45) is 0 Å². The second-order valence-corrected chi connectivity index (χ2v) is 6.08. The van der Waals surface area contributed by atoms with Crippen LogP contribution in [0.3, 0.4) is 0 Å². The third-order valence-electron chi connectivity index (χ3n) is 4.24. The summed E-state index contributed by atoms with van der Waals surface area (Å²) in [7, 11) is 0. The summed E-state index contributed by atoms with van der Waals surface area (Å²) < 4.78 is 0. The Labute approximate surface area is 135 Å². The highest BCUT2D eigenvalue weighted by atomic mass is 32.1. The second-order valence-electron chi connectivity index (χ2n) is 5.60. The van der Waals surface area contributed by atoms with Crippen LogP contribution in [0.1, 0.15) is 11.1 Å². The molecule has 0 saturated carbocycles. The van der Waals surface area contributed by atoms with Gasteiger partial charge in [0.25, 0.3) is 0 Å². The van der Waals surface area contributed by atoms with Crippen LogP contribution in [0.4, 0.5) is 0 Å². The average molecular weight is 300 g/mol. The van der Waals surface area contributed by atoms with E-state index < -0.39 is 0 Å². The van der Waals surface area contributed by atoms with Crippen LogP contribution >= 0.6 is 12.6 Å². The van der Waals surface area contributed by atoms with Crippen molar-refractivity contribution in [1.82, 2.24) is 0 Å². The molecule has 4 rings (SSSR count). The van der Waals surface area contributed by atoms with Gasteiger partial charge < -0.3 is 0 Å². The van der Waals surface area contributed by atoms with Gasteiger partial charge in [0.15, 0.2) is 0 Å². The third kappa shape index (κ3) is 2.28. The first-order valence-corrected chi connectivity index (χ1v) is 7.94. The molecule has 22 heavy (non-hydrogen) atoms. The molecule has 0 unspecified atom stereocenters. The maximum atomic E-state index is 4.62. The fraction of sp³-hybridized carbons (Fsp3) is 0.0476. The van der Waals surface area contributed by atoms with Gasteiger partial charge in [0.05, 0.1) is 0 Å². The minimum absolute atomic E-state index is 0.904. The first-order chi connectivity index (χ1) is 10.8. The fourth-order valence-electron chi connectivity index (χ4n) is 3.15. The lowest BCUT2D eigenvalue weighted by Gasteiger charge is -2.13. The predicted octanol–water partition coefficient (Wildman–Crippen LogP) is 5.87. The molecule has 0 aromatic heterocycles. The quantitative estimate of drug-likeness (QED) is 0.347. The highest BCUT2D eigenvalue weighted by Crippen LogP contribution is 2.31. The van der Waals surface area contributed by atoms with Crippen LogP contribution in [0, 0.1) is 0 Å². The number of rotatable bonds is 2. The zero-order valence-corrected chi connectivity index (χ0v) is 13.1. The molecular weight excluding hydrogens is 284 g/mol. The molecule has 0 radical (unpaired) electrons. The smallest absolute Gasteiger partial charge is 0.00754 e. The Kier molecular flexibility index (Phi) is 3.36. The van der Waals surface area contributed by atoms with Gasteiger partial charge in [-0.15, -0.1) is 12.6 Å². The molecule has 4 aromatic rings. The molecule has 0 spiro atoms. The summed E-state index contributed by atoms with van der Waals surface area (Å²) in [5.41, 5.74) is 2.66. The van der Waals surface area contributed by atoms with Crippen molar-refractivity contribution in [2.45, 2.75) is 11.3 Å². The van der Waals surface area contributed by atoms with E-state index in [2.05, 4.69) is 85.4 Å². The Hall–Kier alpha value is -2.25. The monoisotopic (exact) mass is 300 g/mol. The Morgan fingerprint density at radius 1 is 0.636 bits per heavy atom. The zero-order valence-electron chi connectivity index (χ0n) is 12.2. The van der Waals surface area contributed by atoms with Gasteiger partial charge in [0, 0.05) is 4.90 Å². The summed E-state index contributed by atoms with van der Waals surface area (Å²) in [6.07, 6.45) is 0.904. The standard InChI is InChI=1S/C21H16S/c22-21-12-6-3-9-17(21)14-20-18-10-4-1-7-15(18)13-16-8-2-5-11-19(16)20/h1-13,22H,14H2. The van der Waals surface area contributed by atoms with Gasteiger partial charge in [-0.25, -0.2) is 0 Å². The van der Waals surface area contributed by atoms with Crippen molar-refractivity contribution in [2.75, 3.05) is 0 Å². The van der Waals surface area contributed by atoms with Crippen molar-refractivity contribution in [3.63, 3.8) is 0 Å². The van der Waals surface area contributed by atoms with Gasteiger partial charge in [-0.1, -0.05) is 66.7 Å². The maximum absolute atomic E-state index is 4.62. The molecule has 0 amide bonds. The van der Waals surface area contributed by atoms with E-state index in [-0.39, 0.29) is 0 Å². The summed E-state index contributed by atoms with van der Waals surface area (Å²) in [4.78, 5) is 1.06. The molecule has 0 bridgehead atoms. The lowest BCUT2D eigenvalue weighted by Crippen LogP contribution is -1.93. The summed E-state index contributed by atoms with van der Waals surface area (Å²) in [5.74, 6) is 0. The van der Waals surface area contributed by atoms with Crippen LogP contribution in [0.5, 0.6) is 0 Å². The Morgan fingerprint density at radius 2 is 1.18 bits per heavy atom. The van der Waals surface area contributed by atoms with Crippen molar-refractivity contribution < 1.29 is 0 Å². The Bertz CT molecular complexity index is 916. The summed E-state index contributed by atoms with van der Waals surface area (Å²) in [5, 5.41) is 5.26. The molecule has 0 aliphatic carbocycles. The molecule has 0 aliphatic heterocycles. The average Bonchev–Trinajstić information content (AvgIpc) is 2.56. The van der Waals surface area contributed by atoms with Crippen LogP contribution in [-0.4, -0.2) is 0 Å². The summed E-state index contributed by atoms with van der Waals surface area (Å²) in [6, 6.07) is 27.9. The van der Waals surface area contributed by atoms with Crippen LogP contribution in [0.15, 0.2) is 83.8 Å². The minimum atomic E-state index is 0.904. The van der Waals surface area contributed by atoms with Gasteiger partial charge >= 0.3 is 0 Å². The largest absolute Gasteiger partial charge is 0.143 e. The van der Waals surface area contributed by atoms with Gasteiger partial charge in [0.1, 0.15) is 0 Å². The van der Waals surface area contributed by atoms with E-state index in [1.165, 1.54) is 32.7 Å². The number of thiol groups is 1. The van der Waals surface area contributed by atoms with Crippen molar-refractivity contribution in [1.29, 1.82) is 0 Å². The number of fused-ring (bicyclic) bond motifs is 2. The van der Waals surface area contributed by atoms with Crippen molar-refractivity contribution in [3.8, 4) is 0 Å². The zero-order chi connectivity index (χ0) is 14.9. The van der Waals surface area contributed by atoms with E-state index in [0.717, 1.165) is 11.3 Å². The predicted molar refractivity (Wildman–Crippen MR) is 98.0 cm³/mol. The number of hydrogen-bond donors (Lipinski definition) is 1. The molecule has 0 nitrogen and oxygen atoms in total. The summed E-state index contributed by atoms with van der Waals surface area (Å²) >= 11 is 4.62. The third-order valence-corrected chi connectivity index (χ3v) is 4.68. The summed E-state index contributed by atoms with van der Waals surface area (Å²) in [6.45, 7) is 0. The normalized spacial score (nSPS) is 11.1. The number of hydrogen-bond acceptors (Lipinski definition) is 1. The molecule has 0 saturated heterocycles. The van der Waals surface area contributed by atoms with Gasteiger partial charge in [-0.3, -0.25) is 0 Å². The fourth-order valence-corrected chi connectivity index (χ4v) is 3.39. The molecule has 106 valence electrons. The lowest BCUT2D eigenvalue weighted by molar-refractivity contribution is 1.16. The van der Waals surface area contributed by atoms with E-state index in [1.807, 2.05) is 6.07 Å². The SMILES string of the molecule is Sc1ccccc1Cc1c2ccccc2cc2ccccc12. The van der Waals surface area contributed by atoms with Gasteiger partial charge in [-0.2, -0.15) is 0 Å². The van der Waals surface area contributed by atoms with E-state index in [1.54, 1.807) is 0 Å². The molecule has 0 atom stereocenters. The first-order valence-electron chi connectivity index (χ1n) is 7.49. The molecular formula is C21H16S. The Balaban J connectivity index is 2.02. The van der Waals surface area contributed by atoms with Crippen LogP contribution in [0.25, 0.3) is 21.5 Å². The van der Waals surface area contributed by atoms with Gasteiger partial charge in [-0.05, 0) is 51.2 Å². The number of benzene rings is 4. The van der Waals surface area contributed by atoms with Crippen LogP contribution in [0.2, 0.25) is 0 Å². The van der Waals surface area contributed by atoms with E-state index in [9.17, 15) is 0 Å². The van der Waals surface area contributed by atoms with E-state index >= 15 is 0 Å². The molecule has 0 aliphatic rings. The van der Waals surface area contributed by atoms with E-state index in [4.69, 9.17) is 0 Å².